The first kappa shape index (κ1) is 18.5. The van der Waals surface area contributed by atoms with Crippen LogP contribution in [0.4, 0.5) is 5.69 Å². The maximum atomic E-state index is 13.0. The van der Waals surface area contributed by atoms with Crippen LogP contribution in [0.15, 0.2) is 54.3 Å². The number of nitrogens with zero attached hydrogens (tertiary/aromatic N) is 1. The molecule has 0 radical (unpaired) electrons. The summed E-state index contributed by atoms with van der Waals surface area (Å²) in [6.07, 6.45) is -0.133. The number of carbonyl (C=O) groups is 2. The molecular formula is C21H21NO5. The zero-order chi connectivity index (χ0) is 19.6. The fraction of sp³-hybridized carbons (Fsp3) is 0.238. The Balaban J connectivity index is 1.97. The summed E-state index contributed by atoms with van der Waals surface area (Å²) < 4.78 is 11.1. The molecular weight excluding hydrogens is 346 g/mol. The van der Waals surface area contributed by atoms with Crippen LogP contribution >= 0.6 is 0 Å². The highest BCUT2D eigenvalue weighted by Gasteiger charge is 2.41. The van der Waals surface area contributed by atoms with Crippen LogP contribution in [0.25, 0.3) is 5.57 Å². The number of anilines is 1. The maximum Gasteiger partial charge on any atom is 0.301 e. The van der Waals surface area contributed by atoms with Crippen molar-refractivity contribution in [3.8, 4) is 11.5 Å². The van der Waals surface area contributed by atoms with Gasteiger partial charge in [0.05, 0.1) is 24.0 Å². The van der Waals surface area contributed by atoms with Crippen LogP contribution in [0.1, 0.15) is 26.3 Å². The van der Waals surface area contributed by atoms with Crippen LogP contribution < -0.4 is 14.4 Å². The second-order valence-corrected chi connectivity index (χ2v) is 6.26. The van der Waals surface area contributed by atoms with Crippen LogP contribution in [0.2, 0.25) is 0 Å². The van der Waals surface area contributed by atoms with E-state index in [0.29, 0.717) is 29.4 Å². The van der Waals surface area contributed by atoms with Crippen LogP contribution in [0.5, 0.6) is 11.5 Å². The standard InChI is InChI=1S/C21H21NO5/c1-4-26-15-11-9-14(10-12-15)18-19(23)21(25)22(20(18)24)16-7-5-6-8-17(16)27-13(2)3/h5-13,23H,4H2,1-3H3. The number of aliphatic hydroxyl groups is 1. The molecule has 0 saturated carbocycles. The van der Waals surface area contributed by atoms with E-state index >= 15 is 0 Å². The highest BCUT2D eigenvalue weighted by Crippen LogP contribution is 2.37. The van der Waals surface area contributed by atoms with Gasteiger partial charge in [0.2, 0.25) is 0 Å². The van der Waals surface area contributed by atoms with Crippen molar-refractivity contribution >= 4 is 23.1 Å². The highest BCUT2D eigenvalue weighted by molar-refractivity contribution is 6.45. The van der Waals surface area contributed by atoms with E-state index in [-0.39, 0.29) is 11.7 Å². The van der Waals surface area contributed by atoms with Crippen molar-refractivity contribution in [1.29, 1.82) is 0 Å². The van der Waals surface area contributed by atoms with Crippen molar-refractivity contribution in [2.45, 2.75) is 26.9 Å². The summed E-state index contributed by atoms with van der Waals surface area (Å²) in [4.78, 5) is 26.5. The largest absolute Gasteiger partial charge is 0.502 e. The molecule has 2 amide bonds. The molecule has 0 bridgehead atoms. The predicted octanol–water partition coefficient (Wildman–Crippen LogP) is 3.72. The lowest BCUT2D eigenvalue weighted by molar-refractivity contribution is -0.121. The zero-order valence-corrected chi connectivity index (χ0v) is 15.4. The quantitative estimate of drug-likeness (QED) is 0.788. The van der Waals surface area contributed by atoms with Gasteiger partial charge in [-0.25, -0.2) is 4.90 Å². The topological polar surface area (TPSA) is 76.1 Å². The second kappa shape index (κ2) is 7.53. The molecule has 0 unspecified atom stereocenters. The van der Waals surface area contributed by atoms with E-state index in [4.69, 9.17) is 9.47 Å². The van der Waals surface area contributed by atoms with Gasteiger partial charge in [-0.2, -0.15) is 0 Å². The van der Waals surface area contributed by atoms with Gasteiger partial charge in [-0.1, -0.05) is 24.3 Å². The monoisotopic (exact) mass is 367 g/mol. The molecule has 2 aromatic rings. The lowest BCUT2D eigenvalue weighted by Gasteiger charge is -2.20. The van der Waals surface area contributed by atoms with Gasteiger partial charge in [0.25, 0.3) is 5.91 Å². The Morgan fingerprint density at radius 3 is 2.30 bits per heavy atom. The number of hydrogen-bond acceptors (Lipinski definition) is 5. The van der Waals surface area contributed by atoms with E-state index in [1.807, 2.05) is 20.8 Å². The summed E-state index contributed by atoms with van der Waals surface area (Å²) >= 11 is 0. The molecule has 0 saturated heterocycles. The molecule has 1 N–H and O–H groups in total. The number of benzene rings is 2. The maximum absolute atomic E-state index is 13.0. The summed E-state index contributed by atoms with van der Waals surface area (Å²) in [5.41, 5.74) is 0.704. The molecule has 1 aliphatic heterocycles. The lowest BCUT2D eigenvalue weighted by Crippen LogP contribution is -2.32. The van der Waals surface area contributed by atoms with Gasteiger partial charge in [-0.3, -0.25) is 9.59 Å². The number of hydrogen-bond donors (Lipinski definition) is 1. The molecule has 140 valence electrons. The molecule has 2 aromatic carbocycles. The summed E-state index contributed by atoms with van der Waals surface area (Å²) in [6, 6.07) is 13.4. The van der Waals surface area contributed by atoms with E-state index in [2.05, 4.69) is 0 Å². The second-order valence-electron chi connectivity index (χ2n) is 6.26. The average molecular weight is 367 g/mol. The van der Waals surface area contributed by atoms with Crippen molar-refractivity contribution in [3.05, 3.63) is 59.9 Å². The third kappa shape index (κ3) is 3.51. The molecule has 3 rings (SSSR count). The van der Waals surface area contributed by atoms with Crippen LogP contribution in [0, 0.1) is 0 Å². The van der Waals surface area contributed by atoms with Crippen molar-refractivity contribution in [1.82, 2.24) is 0 Å². The third-order valence-corrected chi connectivity index (χ3v) is 3.98. The normalized spacial score (nSPS) is 14.3. The predicted molar refractivity (Wildman–Crippen MR) is 102 cm³/mol. The molecule has 0 aromatic heterocycles. The summed E-state index contributed by atoms with van der Waals surface area (Å²) in [7, 11) is 0. The number of aliphatic hydroxyl groups excluding tert-OH is 1. The molecule has 0 atom stereocenters. The van der Waals surface area contributed by atoms with Crippen molar-refractivity contribution < 1.29 is 24.2 Å². The molecule has 0 aliphatic carbocycles. The smallest absolute Gasteiger partial charge is 0.301 e. The fourth-order valence-corrected chi connectivity index (χ4v) is 2.88. The van der Waals surface area contributed by atoms with E-state index in [0.717, 1.165) is 4.90 Å². The molecule has 1 heterocycles. The molecule has 0 fully saturated rings. The fourth-order valence-electron chi connectivity index (χ4n) is 2.88. The van der Waals surface area contributed by atoms with E-state index in [1.54, 1.807) is 48.5 Å². The Morgan fingerprint density at radius 1 is 1.00 bits per heavy atom. The Kier molecular flexibility index (Phi) is 5.16. The summed E-state index contributed by atoms with van der Waals surface area (Å²) in [5, 5.41) is 10.4. The number of rotatable bonds is 6. The van der Waals surface area contributed by atoms with Gasteiger partial charge in [-0.15, -0.1) is 0 Å². The summed E-state index contributed by atoms with van der Waals surface area (Å²) in [6.45, 7) is 6.10. The minimum Gasteiger partial charge on any atom is -0.502 e. The highest BCUT2D eigenvalue weighted by atomic mass is 16.5. The van der Waals surface area contributed by atoms with Crippen molar-refractivity contribution in [2.75, 3.05) is 11.5 Å². The first-order valence-corrected chi connectivity index (χ1v) is 8.75. The number of carbonyl (C=O) groups excluding carboxylic acids is 2. The molecule has 6 nitrogen and oxygen atoms in total. The van der Waals surface area contributed by atoms with Crippen molar-refractivity contribution in [2.24, 2.45) is 0 Å². The van der Waals surface area contributed by atoms with E-state index in [9.17, 15) is 14.7 Å². The first-order valence-electron chi connectivity index (χ1n) is 8.75. The van der Waals surface area contributed by atoms with Crippen LogP contribution in [-0.2, 0) is 9.59 Å². The van der Waals surface area contributed by atoms with Gasteiger partial charge >= 0.3 is 5.91 Å². The summed E-state index contributed by atoms with van der Waals surface area (Å²) in [5.74, 6) is -0.908. The van der Waals surface area contributed by atoms with Crippen molar-refractivity contribution in [3.63, 3.8) is 0 Å². The molecule has 6 heteroatoms. The zero-order valence-electron chi connectivity index (χ0n) is 15.4. The Bertz CT molecular complexity index is 899. The van der Waals surface area contributed by atoms with Gasteiger partial charge in [-0.05, 0) is 50.6 Å². The molecule has 0 spiro atoms. The van der Waals surface area contributed by atoms with Gasteiger partial charge in [0, 0.05) is 0 Å². The van der Waals surface area contributed by atoms with E-state index in [1.165, 1.54) is 0 Å². The number of para-hydroxylation sites is 2. The van der Waals surface area contributed by atoms with Gasteiger partial charge in [0.15, 0.2) is 5.76 Å². The first-order chi connectivity index (χ1) is 12.9. The number of ether oxygens (including phenoxy) is 2. The number of imide groups is 1. The van der Waals surface area contributed by atoms with Crippen LogP contribution in [-0.4, -0.2) is 29.6 Å². The lowest BCUT2D eigenvalue weighted by atomic mass is 10.1. The minimum atomic E-state index is -0.774. The SMILES string of the molecule is CCOc1ccc(C2=C(O)C(=O)N(c3ccccc3OC(C)C)C2=O)cc1. The Hall–Kier alpha value is -3.28. The number of amides is 2. The third-order valence-electron chi connectivity index (χ3n) is 3.98. The minimum absolute atomic E-state index is 0.0394. The van der Waals surface area contributed by atoms with Gasteiger partial charge in [0.1, 0.15) is 11.5 Å². The van der Waals surface area contributed by atoms with E-state index < -0.39 is 17.6 Å². The van der Waals surface area contributed by atoms with Gasteiger partial charge < -0.3 is 14.6 Å². The molecule has 1 aliphatic rings. The Labute approximate surface area is 157 Å². The van der Waals surface area contributed by atoms with Crippen LogP contribution in [0.3, 0.4) is 0 Å². The molecule has 27 heavy (non-hydrogen) atoms. The average Bonchev–Trinajstić information content (AvgIpc) is 2.86. The Morgan fingerprint density at radius 2 is 1.67 bits per heavy atom.